The third-order valence-electron chi connectivity index (χ3n) is 6.05. The number of carbonyl (C=O) groups excluding carboxylic acids is 1. The van der Waals surface area contributed by atoms with E-state index in [2.05, 4.69) is 20.3 Å². The average molecular weight is 471 g/mol. The number of aromatic nitrogens is 4. The minimum Gasteiger partial charge on any atom is -0.460 e. The van der Waals surface area contributed by atoms with Gasteiger partial charge in [0.1, 0.15) is 11.5 Å². The molecule has 0 fully saturated rings. The van der Waals surface area contributed by atoms with Crippen molar-refractivity contribution in [3.05, 3.63) is 82.4 Å². The summed E-state index contributed by atoms with van der Waals surface area (Å²) in [5, 5.41) is 2.82. The fourth-order valence-electron chi connectivity index (χ4n) is 4.17. The highest BCUT2D eigenvalue weighted by Gasteiger charge is 2.23. The smallest absolute Gasteiger partial charge is 0.324 e. The van der Waals surface area contributed by atoms with Crippen LogP contribution in [0.1, 0.15) is 36.9 Å². The highest BCUT2D eigenvalue weighted by molar-refractivity contribution is 5.88. The molecular formula is C26H26N6O3. The van der Waals surface area contributed by atoms with Crippen LogP contribution in [0.5, 0.6) is 0 Å². The summed E-state index contributed by atoms with van der Waals surface area (Å²) in [7, 11) is 0. The zero-order valence-corrected chi connectivity index (χ0v) is 19.9. The number of aryl methyl sites for hydroxylation is 1. The lowest BCUT2D eigenvalue weighted by Crippen LogP contribution is -2.39. The summed E-state index contributed by atoms with van der Waals surface area (Å²) in [5.74, 6) is 1.46. The lowest BCUT2D eigenvalue weighted by atomic mass is 10.1. The van der Waals surface area contributed by atoms with Gasteiger partial charge in [-0.05, 0) is 57.0 Å². The topological polar surface area (TPSA) is 106 Å². The maximum Gasteiger partial charge on any atom is 0.324 e. The summed E-state index contributed by atoms with van der Waals surface area (Å²) in [6, 6.07) is 10.6. The van der Waals surface area contributed by atoms with Crippen molar-refractivity contribution >= 4 is 12.0 Å². The van der Waals surface area contributed by atoms with Gasteiger partial charge in [0.05, 0.1) is 12.2 Å². The third kappa shape index (κ3) is 4.57. The Morgan fingerprint density at radius 2 is 2.00 bits per heavy atom. The van der Waals surface area contributed by atoms with Crippen LogP contribution in [-0.2, 0) is 13.0 Å². The predicted octanol–water partition coefficient (Wildman–Crippen LogP) is 4.44. The lowest BCUT2D eigenvalue weighted by molar-refractivity contribution is 0.205. The number of pyridine rings is 2. The zero-order chi connectivity index (χ0) is 24.5. The second kappa shape index (κ2) is 9.17. The predicted molar refractivity (Wildman–Crippen MR) is 132 cm³/mol. The lowest BCUT2D eigenvalue weighted by Gasteiger charge is -2.27. The summed E-state index contributed by atoms with van der Waals surface area (Å²) in [4.78, 5) is 40.4. The van der Waals surface area contributed by atoms with Crippen molar-refractivity contribution in [2.24, 2.45) is 0 Å². The standard InChI is InChI=1S/C26H26N6O3/c1-16(2)32-14-19(7-9-23(32)33)20-13-28-25(29-24(20)22-8-6-17(3)35-22)30-26(34)31-12-10-18-5-4-11-27-21(18)15-31/h4-9,11,13-14,16H,10,12,15H2,1-3H3,(H,28,29,30,34). The molecule has 0 spiro atoms. The molecule has 35 heavy (non-hydrogen) atoms. The molecule has 9 nitrogen and oxygen atoms in total. The number of carbonyl (C=O) groups is 1. The van der Waals surface area contributed by atoms with E-state index in [0.717, 1.165) is 29.0 Å². The van der Waals surface area contributed by atoms with Crippen molar-refractivity contribution in [3.8, 4) is 22.6 Å². The van der Waals surface area contributed by atoms with E-state index in [1.165, 1.54) is 6.07 Å². The number of nitrogens with zero attached hydrogens (tertiary/aromatic N) is 5. The van der Waals surface area contributed by atoms with Crippen molar-refractivity contribution in [1.29, 1.82) is 0 Å². The van der Waals surface area contributed by atoms with Gasteiger partial charge < -0.3 is 13.9 Å². The van der Waals surface area contributed by atoms with Crippen LogP contribution in [0.3, 0.4) is 0 Å². The summed E-state index contributed by atoms with van der Waals surface area (Å²) in [5.41, 5.74) is 3.99. The number of amides is 2. The van der Waals surface area contributed by atoms with Crippen LogP contribution in [0.25, 0.3) is 22.6 Å². The molecule has 0 unspecified atom stereocenters. The fraction of sp³-hybridized carbons (Fsp3) is 0.269. The summed E-state index contributed by atoms with van der Waals surface area (Å²) < 4.78 is 7.52. The number of fused-ring (bicyclic) bond motifs is 1. The van der Waals surface area contributed by atoms with E-state index in [4.69, 9.17) is 4.42 Å². The quantitative estimate of drug-likeness (QED) is 0.473. The molecule has 9 heteroatoms. The number of rotatable bonds is 4. The Balaban J connectivity index is 1.47. The molecule has 1 aliphatic heterocycles. The molecule has 4 aromatic heterocycles. The molecule has 5 rings (SSSR count). The van der Waals surface area contributed by atoms with Gasteiger partial charge in [-0.2, -0.15) is 0 Å². The molecule has 0 aliphatic carbocycles. The molecule has 4 aromatic rings. The monoisotopic (exact) mass is 470 g/mol. The number of urea groups is 1. The van der Waals surface area contributed by atoms with Crippen molar-refractivity contribution in [2.75, 3.05) is 11.9 Å². The van der Waals surface area contributed by atoms with Crippen molar-refractivity contribution in [2.45, 2.75) is 39.8 Å². The Hall–Kier alpha value is -4.27. The molecule has 0 atom stereocenters. The molecule has 2 amide bonds. The Bertz CT molecular complexity index is 1460. The van der Waals surface area contributed by atoms with Crippen LogP contribution in [-0.4, -0.2) is 37.0 Å². The minimum absolute atomic E-state index is 0.000371. The molecule has 0 aromatic carbocycles. The van der Waals surface area contributed by atoms with Crippen LogP contribution in [0, 0.1) is 6.92 Å². The first-order valence-electron chi connectivity index (χ1n) is 11.5. The number of nitrogens with one attached hydrogen (secondary N) is 1. The number of hydrogen-bond donors (Lipinski definition) is 1. The van der Waals surface area contributed by atoms with Crippen LogP contribution in [0.4, 0.5) is 10.7 Å². The average Bonchev–Trinajstić information content (AvgIpc) is 3.30. The number of anilines is 1. The van der Waals surface area contributed by atoms with Gasteiger partial charge in [0.15, 0.2) is 5.76 Å². The van der Waals surface area contributed by atoms with Crippen LogP contribution in [0.2, 0.25) is 0 Å². The molecule has 0 saturated carbocycles. The van der Waals surface area contributed by atoms with Gasteiger partial charge in [0.2, 0.25) is 5.95 Å². The Labute approximate surface area is 202 Å². The molecular weight excluding hydrogens is 444 g/mol. The van der Waals surface area contributed by atoms with Crippen LogP contribution in [0.15, 0.2) is 64.2 Å². The summed E-state index contributed by atoms with van der Waals surface area (Å²) >= 11 is 0. The van der Waals surface area contributed by atoms with Gasteiger partial charge in [-0.3, -0.25) is 15.1 Å². The maximum absolute atomic E-state index is 13.0. The second-order valence-electron chi connectivity index (χ2n) is 8.83. The van der Waals surface area contributed by atoms with Crippen molar-refractivity contribution in [3.63, 3.8) is 0 Å². The fourth-order valence-corrected chi connectivity index (χ4v) is 4.17. The first-order valence-corrected chi connectivity index (χ1v) is 11.5. The molecule has 5 heterocycles. The van der Waals surface area contributed by atoms with E-state index < -0.39 is 0 Å². The van der Waals surface area contributed by atoms with Gasteiger partial charge in [0.25, 0.3) is 5.56 Å². The normalized spacial score (nSPS) is 13.1. The summed E-state index contributed by atoms with van der Waals surface area (Å²) in [6.07, 6.45) is 5.93. The number of hydrogen-bond acceptors (Lipinski definition) is 6. The van der Waals surface area contributed by atoms with Crippen molar-refractivity contribution < 1.29 is 9.21 Å². The Kier molecular flexibility index (Phi) is 5.90. The minimum atomic E-state index is -0.288. The molecule has 1 N–H and O–H groups in total. The van der Waals surface area contributed by atoms with E-state index in [-0.39, 0.29) is 23.6 Å². The van der Waals surface area contributed by atoms with Gasteiger partial charge in [0, 0.05) is 48.4 Å². The third-order valence-corrected chi connectivity index (χ3v) is 6.05. The molecule has 1 aliphatic rings. The van der Waals surface area contributed by atoms with Crippen molar-refractivity contribution in [1.82, 2.24) is 24.4 Å². The second-order valence-corrected chi connectivity index (χ2v) is 8.83. The molecule has 0 radical (unpaired) electrons. The molecule has 0 bridgehead atoms. The Morgan fingerprint density at radius 3 is 2.77 bits per heavy atom. The van der Waals surface area contributed by atoms with E-state index in [9.17, 15) is 9.59 Å². The zero-order valence-electron chi connectivity index (χ0n) is 19.9. The van der Waals surface area contributed by atoms with Crippen LogP contribution < -0.4 is 10.9 Å². The summed E-state index contributed by atoms with van der Waals surface area (Å²) in [6.45, 7) is 6.77. The first-order chi connectivity index (χ1) is 16.9. The highest BCUT2D eigenvalue weighted by atomic mass is 16.3. The molecule has 178 valence electrons. The maximum atomic E-state index is 13.0. The van der Waals surface area contributed by atoms with E-state index >= 15 is 0 Å². The van der Waals surface area contributed by atoms with Gasteiger partial charge in [-0.15, -0.1) is 0 Å². The van der Waals surface area contributed by atoms with E-state index in [0.29, 0.717) is 30.1 Å². The van der Waals surface area contributed by atoms with Gasteiger partial charge in [-0.1, -0.05) is 6.07 Å². The highest BCUT2D eigenvalue weighted by Crippen LogP contribution is 2.32. The first kappa shape index (κ1) is 22.5. The SMILES string of the molecule is Cc1ccc(-c2nc(NC(=O)N3CCc4cccnc4C3)ncc2-c2ccc(=O)n(C(C)C)c2)o1. The van der Waals surface area contributed by atoms with E-state index in [1.807, 2.05) is 45.0 Å². The van der Waals surface area contributed by atoms with E-state index in [1.54, 1.807) is 34.1 Å². The van der Waals surface area contributed by atoms with Crippen LogP contribution >= 0.6 is 0 Å². The number of furan rings is 1. The Morgan fingerprint density at radius 1 is 1.14 bits per heavy atom. The van der Waals surface area contributed by atoms with Gasteiger partial charge in [-0.25, -0.2) is 14.8 Å². The molecule has 0 saturated heterocycles. The largest absolute Gasteiger partial charge is 0.460 e. The van der Waals surface area contributed by atoms with Gasteiger partial charge >= 0.3 is 6.03 Å².